The molecule has 3 heteroatoms. The number of nitrogens with zero attached hydrogens (tertiary/aromatic N) is 1. The fourth-order valence-corrected chi connectivity index (χ4v) is 3.49. The zero-order valence-corrected chi connectivity index (χ0v) is 13.4. The molecule has 0 aliphatic heterocycles. The molecule has 20 heavy (non-hydrogen) atoms. The minimum Gasteiger partial charge on any atom is -0.473 e. The number of rotatable bonds is 4. The molecular formula is C17H28N2O. The van der Waals surface area contributed by atoms with Crippen LogP contribution in [0.4, 0.5) is 5.69 Å². The second-order valence-corrected chi connectivity index (χ2v) is 7.28. The van der Waals surface area contributed by atoms with Crippen molar-refractivity contribution in [3.05, 3.63) is 18.3 Å². The molecule has 2 atom stereocenters. The first-order valence-electron chi connectivity index (χ1n) is 7.74. The van der Waals surface area contributed by atoms with E-state index in [1.807, 2.05) is 19.9 Å². The zero-order valence-electron chi connectivity index (χ0n) is 13.4. The van der Waals surface area contributed by atoms with Crippen LogP contribution in [0.2, 0.25) is 0 Å². The Morgan fingerprint density at radius 3 is 2.75 bits per heavy atom. The van der Waals surface area contributed by atoms with Crippen molar-refractivity contribution in [1.82, 2.24) is 4.98 Å². The Kier molecular flexibility index (Phi) is 4.56. The van der Waals surface area contributed by atoms with E-state index in [1.165, 1.54) is 19.3 Å². The summed E-state index contributed by atoms with van der Waals surface area (Å²) >= 11 is 0. The third-order valence-electron chi connectivity index (χ3n) is 3.87. The van der Waals surface area contributed by atoms with E-state index in [2.05, 4.69) is 37.1 Å². The molecule has 1 saturated carbocycles. The van der Waals surface area contributed by atoms with E-state index in [0.717, 1.165) is 17.5 Å². The molecule has 1 aliphatic carbocycles. The van der Waals surface area contributed by atoms with Crippen LogP contribution < -0.4 is 10.1 Å². The van der Waals surface area contributed by atoms with Crippen LogP contribution in [0, 0.1) is 11.3 Å². The van der Waals surface area contributed by atoms with Gasteiger partial charge in [-0.2, -0.15) is 0 Å². The molecule has 0 saturated heterocycles. The van der Waals surface area contributed by atoms with Gasteiger partial charge in [-0.3, -0.25) is 0 Å². The van der Waals surface area contributed by atoms with Crippen LogP contribution in [0.1, 0.15) is 53.9 Å². The smallest absolute Gasteiger partial charge is 0.237 e. The maximum absolute atomic E-state index is 5.79. The Bertz CT molecular complexity index is 442. The molecule has 1 aromatic heterocycles. The van der Waals surface area contributed by atoms with Crippen molar-refractivity contribution in [3.63, 3.8) is 0 Å². The summed E-state index contributed by atoms with van der Waals surface area (Å²) in [6, 6.07) is 4.54. The van der Waals surface area contributed by atoms with Crippen LogP contribution in [-0.2, 0) is 0 Å². The second-order valence-electron chi connectivity index (χ2n) is 7.28. The predicted molar refractivity (Wildman–Crippen MR) is 84.2 cm³/mol. The lowest BCUT2D eigenvalue weighted by Gasteiger charge is -2.39. The molecule has 1 N–H and O–H groups in total. The second kappa shape index (κ2) is 6.02. The fraction of sp³-hybridized carbons (Fsp3) is 0.706. The van der Waals surface area contributed by atoms with E-state index in [9.17, 15) is 0 Å². The summed E-state index contributed by atoms with van der Waals surface area (Å²) in [4.78, 5) is 4.35. The number of aromatic nitrogens is 1. The van der Waals surface area contributed by atoms with Gasteiger partial charge < -0.3 is 10.1 Å². The summed E-state index contributed by atoms with van der Waals surface area (Å²) in [7, 11) is 0. The Morgan fingerprint density at radius 2 is 2.10 bits per heavy atom. The molecule has 1 aliphatic rings. The number of pyridine rings is 1. The summed E-state index contributed by atoms with van der Waals surface area (Å²) in [5, 5.41) is 3.65. The van der Waals surface area contributed by atoms with E-state index < -0.39 is 0 Å². The molecule has 0 spiro atoms. The fourth-order valence-electron chi connectivity index (χ4n) is 3.49. The van der Waals surface area contributed by atoms with E-state index in [4.69, 9.17) is 4.74 Å². The molecular weight excluding hydrogens is 248 g/mol. The Labute approximate surface area is 123 Å². The third kappa shape index (κ3) is 4.12. The van der Waals surface area contributed by atoms with Crippen molar-refractivity contribution in [2.24, 2.45) is 11.3 Å². The van der Waals surface area contributed by atoms with Gasteiger partial charge in [0.2, 0.25) is 5.88 Å². The van der Waals surface area contributed by atoms with Crippen molar-refractivity contribution >= 4 is 5.69 Å². The van der Waals surface area contributed by atoms with Crippen LogP contribution in [0.15, 0.2) is 18.3 Å². The van der Waals surface area contributed by atoms with Gasteiger partial charge in [-0.05, 0) is 56.6 Å². The van der Waals surface area contributed by atoms with Crippen molar-refractivity contribution in [2.75, 3.05) is 5.32 Å². The highest BCUT2D eigenvalue weighted by molar-refractivity contribution is 5.52. The molecule has 1 fully saturated rings. The molecule has 0 radical (unpaired) electrons. The summed E-state index contributed by atoms with van der Waals surface area (Å²) in [6.45, 7) is 11.1. The number of nitrogens with one attached hydrogen (secondary N) is 1. The summed E-state index contributed by atoms with van der Waals surface area (Å²) in [6.07, 6.45) is 5.67. The van der Waals surface area contributed by atoms with Crippen LogP contribution in [0.3, 0.4) is 0 Å². The molecule has 0 amide bonds. The quantitative estimate of drug-likeness (QED) is 0.879. The molecule has 112 valence electrons. The standard InChI is InChI=1S/C17H28N2O/c1-12(2)20-16-15(7-6-8-18-16)19-14-9-13(3)10-17(4,5)11-14/h6-8,12-14,19H,9-11H2,1-5H3. The third-order valence-corrected chi connectivity index (χ3v) is 3.87. The molecule has 2 rings (SSSR count). The number of ether oxygens (including phenoxy) is 1. The van der Waals surface area contributed by atoms with Gasteiger partial charge in [-0.1, -0.05) is 20.8 Å². The van der Waals surface area contributed by atoms with Crippen LogP contribution >= 0.6 is 0 Å². The lowest BCUT2D eigenvalue weighted by molar-refractivity contribution is 0.177. The predicted octanol–water partition coefficient (Wildman–Crippen LogP) is 4.50. The van der Waals surface area contributed by atoms with Gasteiger partial charge in [0.25, 0.3) is 0 Å². The Balaban J connectivity index is 2.09. The molecule has 3 nitrogen and oxygen atoms in total. The average Bonchev–Trinajstić information content (AvgIpc) is 2.28. The lowest BCUT2D eigenvalue weighted by Crippen LogP contribution is -2.35. The minimum absolute atomic E-state index is 0.146. The molecule has 2 unspecified atom stereocenters. The van der Waals surface area contributed by atoms with Crippen LogP contribution in [0.5, 0.6) is 5.88 Å². The van der Waals surface area contributed by atoms with E-state index in [1.54, 1.807) is 6.20 Å². The highest BCUT2D eigenvalue weighted by Crippen LogP contribution is 2.40. The van der Waals surface area contributed by atoms with Crippen molar-refractivity contribution < 1.29 is 4.74 Å². The first-order valence-corrected chi connectivity index (χ1v) is 7.74. The highest BCUT2D eigenvalue weighted by Gasteiger charge is 2.32. The number of hydrogen-bond acceptors (Lipinski definition) is 3. The minimum atomic E-state index is 0.146. The van der Waals surface area contributed by atoms with E-state index in [0.29, 0.717) is 11.5 Å². The Hall–Kier alpha value is -1.25. The SMILES string of the molecule is CC1CC(Nc2cccnc2OC(C)C)CC(C)(C)C1. The van der Waals surface area contributed by atoms with Gasteiger partial charge in [0.15, 0.2) is 0 Å². The largest absolute Gasteiger partial charge is 0.473 e. The van der Waals surface area contributed by atoms with Gasteiger partial charge in [0.1, 0.15) is 0 Å². The van der Waals surface area contributed by atoms with Gasteiger partial charge in [-0.15, -0.1) is 0 Å². The van der Waals surface area contributed by atoms with Gasteiger partial charge in [0, 0.05) is 12.2 Å². The number of hydrogen-bond donors (Lipinski definition) is 1. The summed E-state index contributed by atoms with van der Waals surface area (Å²) in [5.74, 6) is 1.49. The average molecular weight is 276 g/mol. The monoisotopic (exact) mass is 276 g/mol. The molecule has 1 aromatic rings. The molecule has 0 bridgehead atoms. The normalized spacial score (nSPS) is 25.5. The van der Waals surface area contributed by atoms with E-state index >= 15 is 0 Å². The van der Waals surface area contributed by atoms with Crippen LogP contribution in [-0.4, -0.2) is 17.1 Å². The highest BCUT2D eigenvalue weighted by atomic mass is 16.5. The van der Waals surface area contributed by atoms with Gasteiger partial charge in [0.05, 0.1) is 11.8 Å². The lowest BCUT2D eigenvalue weighted by atomic mass is 9.70. The van der Waals surface area contributed by atoms with E-state index in [-0.39, 0.29) is 6.10 Å². The maximum Gasteiger partial charge on any atom is 0.237 e. The van der Waals surface area contributed by atoms with Crippen molar-refractivity contribution in [3.8, 4) is 5.88 Å². The molecule has 0 aromatic carbocycles. The Morgan fingerprint density at radius 1 is 1.35 bits per heavy atom. The van der Waals surface area contributed by atoms with Crippen molar-refractivity contribution in [1.29, 1.82) is 0 Å². The first-order chi connectivity index (χ1) is 9.35. The zero-order chi connectivity index (χ0) is 14.8. The van der Waals surface area contributed by atoms with Gasteiger partial charge in [-0.25, -0.2) is 4.98 Å². The van der Waals surface area contributed by atoms with Gasteiger partial charge >= 0.3 is 0 Å². The number of anilines is 1. The summed E-state index contributed by atoms with van der Waals surface area (Å²) < 4.78 is 5.79. The van der Waals surface area contributed by atoms with Crippen LogP contribution in [0.25, 0.3) is 0 Å². The molecule has 1 heterocycles. The summed E-state index contributed by atoms with van der Waals surface area (Å²) in [5.41, 5.74) is 1.44. The first kappa shape index (κ1) is 15.1. The van der Waals surface area contributed by atoms with Crippen molar-refractivity contribution in [2.45, 2.75) is 66.0 Å². The topological polar surface area (TPSA) is 34.2 Å². The maximum atomic E-state index is 5.79.